The average molecular weight is 425 g/mol. The summed E-state index contributed by atoms with van der Waals surface area (Å²) in [7, 11) is 0. The lowest BCUT2D eigenvalue weighted by atomic mass is 10.2. The number of carbonyl (C=O) groups is 1. The number of anilines is 1. The SMILES string of the molecule is CCOc1cccc(CNC(=O)c2csc(-c3ccc(N4CCOCC4)nc3)n2)c1. The van der Waals surface area contributed by atoms with E-state index in [1.807, 2.05) is 49.5 Å². The van der Waals surface area contributed by atoms with Crippen LogP contribution in [0.5, 0.6) is 5.75 Å². The molecule has 7 nitrogen and oxygen atoms in total. The second-order valence-electron chi connectivity index (χ2n) is 6.81. The summed E-state index contributed by atoms with van der Waals surface area (Å²) in [5.74, 6) is 1.54. The highest BCUT2D eigenvalue weighted by atomic mass is 32.1. The molecule has 30 heavy (non-hydrogen) atoms. The van der Waals surface area contributed by atoms with Crippen molar-refractivity contribution in [1.29, 1.82) is 0 Å². The maximum atomic E-state index is 12.5. The van der Waals surface area contributed by atoms with Crippen LogP contribution in [0.2, 0.25) is 0 Å². The number of benzene rings is 1. The largest absolute Gasteiger partial charge is 0.494 e. The number of pyridine rings is 1. The van der Waals surface area contributed by atoms with Crippen LogP contribution in [0.15, 0.2) is 48.0 Å². The minimum atomic E-state index is -0.197. The third-order valence-electron chi connectivity index (χ3n) is 4.73. The molecular formula is C22H24N4O3S. The molecule has 3 aromatic rings. The monoisotopic (exact) mass is 424 g/mol. The molecule has 1 amide bonds. The standard InChI is InChI=1S/C22H24N4O3S/c1-2-29-18-5-3-4-16(12-18)13-24-21(27)19-15-30-22(25-19)17-6-7-20(23-14-17)26-8-10-28-11-9-26/h3-7,12,14-15H,2,8-11,13H2,1H3,(H,24,27). The molecule has 0 bridgehead atoms. The van der Waals surface area contributed by atoms with Crippen LogP contribution in [0.4, 0.5) is 5.82 Å². The lowest BCUT2D eigenvalue weighted by Crippen LogP contribution is -2.36. The number of morpholine rings is 1. The predicted molar refractivity (Wildman–Crippen MR) is 117 cm³/mol. The van der Waals surface area contributed by atoms with Crippen molar-refractivity contribution in [2.75, 3.05) is 37.8 Å². The maximum absolute atomic E-state index is 12.5. The van der Waals surface area contributed by atoms with Crippen molar-refractivity contribution in [2.45, 2.75) is 13.5 Å². The molecule has 1 fully saturated rings. The Labute approximate surface area is 179 Å². The van der Waals surface area contributed by atoms with Gasteiger partial charge < -0.3 is 19.7 Å². The Bertz CT molecular complexity index is 984. The van der Waals surface area contributed by atoms with Crippen molar-refractivity contribution in [3.63, 3.8) is 0 Å². The molecule has 0 spiro atoms. The summed E-state index contributed by atoms with van der Waals surface area (Å²) in [5, 5.41) is 5.47. The van der Waals surface area contributed by atoms with E-state index < -0.39 is 0 Å². The Kier molecular flexibility index (Phi) is 6.56. The molecule has 1 aliphatic heterocycles. The number of hydrogen-bond acceptors (Lipinski definition) is 7. The van der Waals surface area contributed by atoms with E-state index in [9.17, 15) is 4.79 Å². The smallest absolute Gasteiger partial charge is 0.271 e. The highest BCUT2D eigenvalue weighted by Gasteiger charge is 2.15. The highest BCUT2D eigenvalue weighted by Crippen LogP contribution is 2.25. The van der Waals surface area contributed by atoms with Gasteiger partial charge in [0.1, 0.15) is 22.3 Å². The van der Waals surface area contributed by atoms with E-state index in [-0.39, 0.29) is 5.91 Å². The van der Waals surface area contributed by atoms with Gasteiger partial charge in [-0.15, -0.1) is 11.3 Å². The Morgan fingerprint density at radius 3 is 2.90 bits per heavy atom. The molecule has 1 aliphatic rings. The van der Waals surface area contributed by atoms with Crippen LogP contribution in [0.25, 0.3) is 10.6 Å². The average Bonchev–Trinajstić information content (AvgIpc) is 3.29. The molecule has 1 aromatic carbocycles. The summed E-state index contributed by atoms with van der Waals surface area (Å²) in [6.45, 7) is 6.12. The van der Waals surface area contributed by atoms with Crippen LogP contribution < -0.4 is 15.0 Å². The van der Waals surface area contributed by atoms with E-state index in [1.165, 1.54) is 11.3 Å². The normalized spacial score (nSPS) is 13.8. The summed E-state index contributed by atoms with van der Waals surface area (Å²) >= 11 is 1.44. The molecule has 8 heteroatoms. The summed E-state index contributed by atoms with van der Waals surface area (Å²) in [5.41, 5.74) is 2.29. The van der Waals surface area contributed by atoms with Crippen molar-refractivity contribution in [3.8, 4) is 16.3 Å². The number of amides is 1. The third kappa shape index (κ3) is 4.95. The quantitative estimate of drug-likeness (QED) is 0.627. The maximum Gasteiger partial charge on any atom is 0.271 e. The summed E-state index contributed by atoms with van der Waals surface area (Å²) in [6, 6.07) is 11.7. The number of carbonyl (C=O) groups excluding carboxylic acids is 1. The molecule has 3 heterocycles. The van der Waals surface area contributed by atoms with Gasteiger partial charge in [-0.25, -0.2) is 9.97 Å². The third-order valence-corrected chi connectivity index (χ3v) is 5.62. The predicted octanol–water partition coefficient (Wildman–Crippen LogP) is 3.37. The molecule has 0 atom stereocenters. The van der Waals surface area contributed by atoms with Crippen molar-refractivity contribution < 1.29 is 14.3 Å². The van der Waals surface area contributed by atoms with Crippen LogP contribution in [0, 0.1) is 0 Å². The van der Waals surface area contributed by atoms with Gasteiger partial charge in [0.15, 0.2) is 0 Å². The van der Waals surface area contributed by atoms with Gasteiger partial charge in [0.05, 0.1) is 19.8 Å². The Hall–Kier alpha value is -2.97. The number of thiazole rings is 1. The van der Waals surface area contributed by atoms with Crippen LogP contribution in [0.3, 0.4) is 0 Å². The molecule has 0 saturated carbocycles. The lowest BCUT2D eigenvalue weighted by molar-refractivity contribution is 0.0946. The molecule has 0 aliphatic carbocycles. The first-order valence-corrected chi connectivity index (χ1v) is 10.9. The fraction of sp³-hybridized carbons (Fsp3) is 0.318. The number of rotatable bonds is 7. The molecular weight excluding hydrogens is 400 g/mol. The first-order chi connectivity index (χ1) is 14.7. The van der Waals surface area contributed by atoms with E-state index in [0.717, 1.165) is 54.0 Å². The summed E-state index contributed by atoms with van der Waals surface area (Å²) in [4.78, 5) is 23.8. The van der Waals surface area contributed by atoms with Gasteiger partial charge in [-0.2, -0.15) is 0 Å². The minimum Gasteiger partial charge on any atom is -0.494 e. The van der Waals surface area contributed by atoms with Crippen molar-refractivity contribution in [1.82, 2.24) is 15.3 Å². The first kappa shape index (κ1) is 20.3. The van der Waals surface area contributed by atoms with E-state index in [0.29, 0.717) is 18.8 Å². The second-order valence-corrected chi connectivity index (χ2v) is 7.66. The number of hydrogen-bond donors (Lipinski definition) is 1. The van der Waals surface area contributed by atoms with E-state index in [2.05, 4.69) is 20.2 Å². The van der Waals surface area contributed by atoms with Gasteiger partial charge in [0.25, 0.3) is 5.91 Å². The molecule has 2 aromatic heterocycles. The zero-order valence-corrected chi connectivity index (χ0v) is 17.7. The summed E-state index contributed by atoms with van der Waals surface area (Å²) in [6.07, 6.45) is 1.81. The Morgan fingerprint density at radius 2 is 2.13 bits per heavy atom. The van der Waals surface area contributed by atoms with E-state index in [4.69, 9.17) is 9.47 Å². The zero-order chi connectivity index (χ0) is 20.8. The van der Waals surface area contributed by atoms with Crippen molar-refractivity contribution in [3.05, 3.63) is 59.2 Å². The topological polar surface area (TPSA) is 76.6 Å². The summed E-state index contributed by atoms with van der Waals surface area (Å²) < 4.78 is 10.9. The number of ether oxygens (including phenoxy) is 2. The highest BCUT2D eigenvalue weighted by molar-refractivity contribution is 7.13. The second kappa shape index (κ2) is 9.69. The van der Waals surface area contributed by atoms with Crippen LogP contribution >= 0.6 is 11.3 Å². The number of nitrogens with one attached hydrogen (secondary N) is 1. The molecule has 0 unspecified atom stereocenters. The minimum absolute atomic E-state index is 0.197. The fourth-order valence-corrected chi connectivity index (χ4v) is 3.98. The Morgan fingerprint density at radius 1 is 1.27 bits per heavy atom. The molecule has 156 valence electrons. The first-order valence-electron chi connectivity index (χ1n) is 9.97. The van der Waals surface area contributed by atoms with Gasteiger partial charge in [-0.05, 0) is 36.8 Å². The van der Waals surface area contributed by atoms with Crippen LogP contribution in [-0.4, -0.2) is 48.8 Å². The Balaban J connectivity index is 1.37. The van der Waals surface area contributed by atoms with E-state index >= 15 is 0 Å². The number of aromatic nitrogens is 2. The van der Waals surface area contributed by atoms with Crippen molar-refractivity contribution >= 4 is 23.1 Å². The van der Waals surface area contributed by atoms with Gasteiger partial charge in [-0.1, -0.05) is 12.1 Å². The number of nitrogens with zero attached hydrogens (tertiary/aromatic N) is 3. The van der Waals surface area contributed by atoms with E-state index in [1.54, 1.807) is 5.38 Å². The van der Waals surface area contributed by atoms with Gasteiger partial charge in [-0.3, -0.25) is 4.79 Å². The lowest BCUT2D eigenvalue weighted by Gasteiger charge is -2.27. The fourth-order valence-electron chi connectivity index (χ4n) is 3.19. The zero-order valence-electron chi connectivity index (χ0n) is 16.8. The molecule has 1 saturated heterocycles. The van der Waals surface area contributed by atoms with Gasteiger partial charge in [0, 0.05) is 36.8 Å². The van der Waals surface area contributed by atoms with Gasteiger partial charge in [0.2, 0.25) is 0 Å². The molecule has 4 rings (SSSR count). The molecule has 1 N–H and O–H groups in total. The van der Waals surface area contributed by atoms with Crippen molar-refractivity contribution in [2.24, 2.45) is 0 Å². The van der Waals surface area contributed by atoms with Crippen LogP contribution in [0.1, 0.15) is 23.0 Å². The van der Waals surface area contributed by atoms with Crippen LogP contribution in [-0.2, 0) is 11.3 Å². The molecule has 0 radical (unpaired) electrons. The van der Waals surface area contributed by atoms with Gasteiger partial charge >= 0.3 is 0 Å².